The highest BCUT2D eigenvalue weighted by molar-refractivity contribution is 7.17. The lowest BCUT2D eigenvalue weighted by Gasteiger charge is -2.25. The second kappa shape index (κ2) is 11.2. The maximum atomic E-state index is 13.0. The van der Waals surface area contributed by atoms with Crippen molar-refractivity contribution in [1.29, 1.82) is 0 Å². The normalized spacial score (nSPS) is 17.9. The van der Waals surface area contributed by atoms with Crippen molar-refractivity contribution in [1.82, 2.24) is 29.9 Å². The smallest absolute Gasteiger partial charge is 0.306 e. The van der Waals surface area contributed by atoms with Crippen LogP contribution in [0.4, 0.5) is 0 Å². The van der Waals surface area contributed by atoms with Gasteiger partial charge < -0.3 is 14.5 Å². The first-order valence-corrected chi connectivity index (χ1v) is 15.7. The van der Waals surface area contributed by atoms with Crippen molar-refractivity contribution < 1.29 is 14.3 Å². The lowest BCUT2D eigenvalue weighted by Crippen LogP contribution is -2.34. The van der Waals surface area contributed by atoms with Crippen molar-refractivity contribution >= 4 is 38.6 Å². The molecule has 1 aliphatic carbocycles. The van der Waals surface area contributed by atoms with Gasteiger partial charge in [0.15, 0.2) is 5.65 Å². The zero-order chi connectivity index (χ0) is 29.7. The Kier molecular flexibility index (Phi) is 7.22. The molecule has 7 rings (SSSR count). The van der Waals surface area contributed by atoms with Gasteiger partial charge in [-0.05, 0) is 83.8 Å². The van der Waals surface area contributed by atoms with Crippen LogP contribution in [0.2, 0.25) is 0 Å². The Labute approximate surface area is 252 Å². The molecule has 0 spiro atoms. The summed E-state index contributed by atoms with van der Waals surface area (Å²) in [5.74, 6) is 0.778. The number of aromatic amines is 1. The zero-order valence-corrected chi connectivity index (χ0v) is 25.3. The Balaban J connectivity index is 1.29. The van der Waals surface area contributed by atoms with E-state index in [1.807, 2.05) is 27.1 Å². The van der Waals surface area contributed by atoms with E-state index >= 15 is 0 Å². The van der Waals surface area contributed by atoms with Crippen molar-refractivity contribution in [2.24, 2.45) is 13.0 Å². The van der Waals surface area contributed by atoms with Gasteiger partial charge in [-0.15, -0.1) is 16.4 Å². The number of aromatic nitrogens is 5. The number of nitrogens with one attached hydrogen (secondary N) is 1. The molecule has 43 heavy (non-hydrogen) atoms. The molecule has 5 aromatic rings. The van der Waals surface area contributed by atoms with Crippen LogP contribution in [0.15, 0.2) is 46.7 Å². The molecule has 2 unspecified atom stereocenters. The van der Waals surface area contributed by atoms with E-state index in [1.54, 1.807) is 22.1 Å². The molecule has 0 bridgehead atoms. The van der Waals surface area contributed by atoms with E-state index in [-0.39, 0.29) is 30.0 Å². The van der Waals surface area contributed by atoms with Crippen LogP contribution in [0.5, 0.6) is 5.75 Å². The average molecular weight is 599 g/mol. The van der Waals surface area contributed by atoms with Crippen LogP contribution in [0.3, 0.4) is 0 Å². The summed E-state index contributed by atoms with van der Waals surface area (Å²) >= 11 is 1.72. The van der Waals surface area contributed by atoms with Crippen LogP contribution < -0.4 is 10.3 Å². The predicted octanol–water partition coefficient (Wildman–Crippen LogP) is 4.83. The summed E-state index contributed by atoms with van der Waals surface area (Å²) in [5.41, 5.74) is 6.22. The topological polar surface area (TPSA) is 115 Å². The number of nitrogens with zero attached hydrogens (tertiary/aromatic N) is 5. The molecule has 1 saturated carbocycles. The molecule has 1 N–H and O–H groups in total. The van der Waals surface area contributed by atoms with Crippen LogP contribution in [-0.4, -0.2) is 55.1 Å². The van der Waals surface area contributed by atoms with Crippen LogP contribution in [0, 0.1) is 12.8 Å². The first kappa shape index (κ1) is 27.7. The van der Waals surface area contributed by atoms with Crippen LogP contribution in [0.1, 0.15) is 60.1 Å². The van der Waals surface area contributed by atoms with Gasteiger partial charge in [-0.2, -0.15) is 0 Å². The van der Waals surface area contributed by atoms with E-state index in [0.29, 0.717) is 31.3 Å². The third-order valence-electron chi connectivity index (χ3n) is 8.61. The molecule has 0 amide bonds. The first-order chi connectivity index (χ1) is 20.9. The van der Waals surface area contributed by atoms with Crippen molar-refractivity contribution in [3.8, 4) is 5.75 Å². The third-order valence-corrected chi connectivity index (χ3v) is 9.62. The molecular formula is C32H34N6O4S. The standard InChI is InChI=1S/C32H34N6O4S/c1-4-41-29(40)13-23(24-14-33-32-30(18(24)2)35-36-37(32)3)21-11-20-9-10-43-31(20)22(12-21)15-38-16-25-26(7-8-28(39)34-25)42-27(17-38)19-5-6-19/h7-12,14,19,23,27H,4-6,13,15-17H2,1-3H3,(H,34,39). The summed E-state index contributed by atoms with van der Waals surface area (Å²) in [4.78, 5) is 35.2. The van der Waals surface area contributed by atoms with E-state index in [0.717, 1.165) is 45.6 Å². The summed E-state index contributed by atoms with van der Waals surface area (Å²) < 4.78 is 14.7. The molecule has 0 radical (unpaired) electrons. The van der Waals surface area contributed by atoms with E-state index < -0.39 is 0 Å². The molecule has 1 fully saturated rings. The molecule has 1 aromatic carbocycles. The Morgan fingerprint density at radius 2 is 2.12 bits per heavy atom. The largest absolute Gasteiger partial charge is 0.487 e. The molecule has 4 aromatic heterocycles. The maximum absolute atomic E-state index is 13.0. The van der Waals surface area contributed by atoms with E-state index in [4.69, 9.17) is 9.47 Å². The van der Waals surface area contributed by atoms with E-state index in [2.05, 4.69) is 48.8 Å². The monoisotopic (exact) mass is 598 g/mol. The summed E-state index contributed by atoms with van der Waals surface area (Å²) in [6.45, 7) is 6.21. The van der Waals surface area contributed by atoms with Gasteiger partial charge in [0.2, 0.25) is 5.56 Å². The van der Waals surface area contributed by atoms with Crippen LogP contribution in [0.25, 0.3) is 21.3 Å². The van der Waals surface area contributed by atoms with Crippen molar-refractivity contribution in [3.63, 3.8) is 0 Å². The molecule has 2 aliphatic rings. The van der Waals surface area contributed by atoms with Crippen molar-refractivity contribution in [2.75, 3.05) is 13.2 Å². The molecule has 11 heteroatoms. The molecule has 1 aliphatic heterocycles. The summed E-state index contributed by atoms with van der Waals surface area (Å²) in [6, 6.07) is 9.89. The second-order valence-electron chi connectivity index (χ2n) is 11.6. The number of H-pyrrole nitrogens is 1. The number of rotatable bonds is 8. The number of hydrogen-bond acceptors (Lipinski definition) is 9. The second-order valence-corrected chi connectivity index (χ2v) is 12.5. The summed E-state index contributed by atoms with van der Waals surface area (Å²) in [7, 11) is 1.82. The van der Waals surface area contributed by atoms with Crippen LogP contribution >= 0.6 is 11.3 Å². The number of carbonyl (C=O) groups excluding carboxylic acids is 1. The minimum Gasteiger partial charge on any atom is -0.487 e. The third kappa shape index (κ3) is 5.43. The lowest BCUT2D eigenvalue weighted by molar-refractivity contribution is -0.143. The molecular weight excluding hydrogens is 564 g/mol. The van der Waals surface area contributed by atoms with Crippen LogP contribution in [-0.2, 0) is 29.7 Å². The summed E-state index contributed by atoms with van der Waals surface area (Å²) in [6.07, 6.45) is 4.45. The highest BCUT2D eigenvalue weighted by atomic mass is 32.1. The molecule has 10 nitrogen and oxygen atoms in total. The highest BCUT2D eigenvalue weighted by Crippen LogP contribution is 2.40. The zero-order valence-electron chi connectivity index (χ0n) is 24.5. The number of aryl methyl sites for hydroxylation is 2. The SMILES string of the molecule is CCOC(=O)CC(c1cc(CN2Cc3[nH]c(=O)ccc3OC(C3CC3)C2)c2sccc2c1)c1cnc2c(nnn2C)c1C. The van der Waals surface area contributed by atoms with E-state index in [9.17, 15) is 9.59 Å². The fraction of sp³-hybridized carbons (Fsp3) is 0.406. The number of benzene rings is 1. The molecule has 0 saturated heterocycles. The number of thiophene rings is 1. The van der Waals surface area contributed by atoms with Crippen molar-refractivity contribution in [2.45, 2.75) is 58.2 Å². The van der Waals surface area contributed by atoms with Gasteiger partial charge in [-0.3, -0.25) is 14.5 Å². The Morgan fingerprint density at radius 3 is 2.93 bits per heavy atom. The lowest BCUT2D eigenvalue weighted by atomic mass is 9.85. The Bertz CT molecular complexity index is 1890. The fourth-order valence-electron chi connectivity index (χ4n) is 6.30. The molecule has 2 atom stereocenters. The minimum atomic E-state index is -0.273. The van der Waals surface area contributed by atoms with Gasteiger partial charge in [0, 0.05) is 49.6 Å². The predicted molar refractivity (Wildman–Crippen MR) is 164 cm³/mol. The minimum absolute atomic E-state index is 0.0816. The van der Waals surface area contributed by atoms with Crippen molar-refractivity contribution in [3.05, 3.63) is 80.2 Å². The number of pyridine rings is 2. The quantitative estimate of drug-likeness (QED) is 0.253. The fourth-order valence-corrected chi connectivity index (χ4v) is 7.19. The number of esters is 1. The Morgan fingerprint density at radius 1 is 1.26 bits per heavy atom. The van der Waals surface area contributed by atoms with Gasteiger partial charge in [0.05, 0.1) is 18.7 Å². The number of hydrogen-bond donors (Lipinski definition) is 1. The highest BCUT2D eigenvalue weighted by Gasteiger charge is 2.36. The van der Waals surface area contributed by atoms with E-state index in [1.165, 1.54) is 29.2 Å². The van der Waals surface area contributed by atoms with Gasteiger partial charge in [0.1, 0.15) is 17.4 Å². The maximum Gasteiger partial charge on any atom is 0.306 e. The first-order valence-electron chi connectivity index (χ1n) is 14.8. The number of ether oxygens (including phenoxy) is 2. The van der Waals surface area contributed by atoms with Gasteiger partial charge in [0.25, 0.3) is 0 Å². The summed E-state index contributed by atoms with van der Waals surface area (Å²) in [5, 5.41) is 11.8. The molecule has 5 heterocycles. The Hall–Kier alpha value is -4.09. The van der Waals surface area contributed by atoms with Gasteiger partial charge in [-0.1, -0.05) is 11.3 Å². The van der Waals surface area contributed by atoms with Gasteiger partial charge in [-0.25, -0.2) is 9.67 Å². The average Bonchev–Trinajstić information content (AvgIpc) is 3.64. The number of fused-ring (bicyclic) bond motifs is 3. The van der Waals surface area contributed by atoms with Gasteiger partial charge >= 0.3 is 5.97 Å². The molecule has 222 valence electrons. The number of carbonyl (C=O) groups is 1.